The Morgan fingerprint density at radius 3 is 2.93 bits per heavy atom. The van der Waals surface area contributed by atoms with Crippen LogP contribution in [0, 0.1) is 0 Å². The Morgan fingerprint density at radius 1 is 1.20 bits per heavy atom. The van der Waals surface area contributed by atoms with E-state index in [1.165, 1.54) is 32.1 Å². The second-order valence-electron chi connectivity index (χ2n) is 4.96. The molecule has 3 fully saturated rings. The van der Waals surface area contributed by atoms with Crippen molar-refractivity contribution in [1.29, 1.82) is 0 Å². The lowest BCUT2D eigenvalue weighted by Crippen LogP contribution is -2.50. The minimum atomic E-state index is 0.179. The van der Waals surface area contributed by atoms with Crippen LogP contribution in [0.3, 0.4) is 0 Å². The van der Waals surface area contributed by atoms with Crippen molar-refractivity contribution in [2.45, 2.75) is 50.2 Å². The number of amides is 2. The van der Waals surface area contributed by atoms with Crippen LogP contribution in [-0.2, 0) is 0 Å². The maximum absolute atomic E-state index is 11.9. The Morgan fingerprint density at radius 2 is 2.13 bits per heavy atom. The zero-order valence-corrected chi connectivity index (χ0v) is 9.04. The van der Waals surface area contributed by atoms with Crippen LogP contribution in [0.15, 0.2) is 0 Å². The SMILES string of the molecule is O=C1NC2CCCC2N1C1CCCNC1. The summed E-state index contributed by atoms with van der Waals surface area (Å²) in [5, 5.41) is 6.51. The summed E-state index contributed by atoms with van der Waals surface area (Å²) in [6, 6.07) is 1.55. The summed E-state index contributed by atoms with van der Waals surface area (Å²) in [4.78, 5) is 14.0. The zero-order valence-electron chi connectivity index (χ0n) is 9.04. The quantitative estimate of drug-likeness (QED) is 0.667. The molecule has 0 bridgehead atoms. The number of hydrogen-bond donors (Lipinski definition) is 2. The molecule has 15 heavy (non-hydrogen) atoms. The fourth-order valence-electron chi connectivity index (χ4n) is 3.33. The van der Waals surface area contributed by atoms with Gasteiger partial charge in [-0.15, -0.1) is 0 Å². The maximum atomic E-state index is 11.9. The lowest BCUT2D eigenvalue weighted by molar-refractivity contribution is 0.157. The third-order valence-electron chi connectivity index (χ3n) is 4.04. The molecule has 1 aliphatic carbocycles. The van der Waals surface area contributed by atoms with Crippen LogP contribution in [-0.4, -0.2) is 42.1 Å². The van der Waals surface area contributed by atoms with Crippen LogP contribution < -0.4 is 10.6 Å². The standard InChI is InChI=1S/C11H19N3O/c15-11-13-9-4-1-5-10(9)14(11)8-3-2-6-12-7-8/h8-10,12H,1-7H2,(H,13,15). The van der Waals surface area contributed by atoms with Crippen molar-refractivity contribution in [2.24, 2.45) is 0 Å². The van der Waals surface area contributed by atoms with E-state index in [9.17, 15) is 4.79 Å². The van der Waals surface area contributed by atoms with Gasteiger partial charge in [0.2, 0.25) is 0 Å². The molecule has 3 aliphatic rings. The molecule has 4 heteroatoms. The first-order chi connectivity index (χ1) is 7.36. The van der Waals surface area contributed by atoms with Crippen molar-refractivity contribution >= 4 is 6.03 Å². The highest BCUT2D eigenvalue weighted by Crippen LogP contribution is 2.31. The van der Waals surface area contributed by atoms with Gasteiger partial charge in [-0.2, -0.15) is 0 Å². The molecule has 4 nitrogen and oxygen atoms in total. The minimum Gasteiger partial charge on any atom is -0.333 e. The Kier molecular flexibility index (Phi) is 2.31. The molecule has 84 valence electrons. The van der Waals surface area contributed by atoms with Gasteiger partial charge in [0, 0.05) is 12.6 Å². The van der Waals surface area contributed by atoms with Gasteiger partial charge in [-0.05, 0) is 38.6 Å². The molecule has 0 radical (unpaired) electrons. The van der Waals surface area contributed by atoms with E-state index in [1.54, 1.807) is 0 Å². The number of hydrogen-bond acceptors (Lipinski definition) is 2. The summed E-state index contributed by atoms with van der Waals surface area (Å²) in [7, 11) is 0. The lowest BCUT2D eigenvalue weighted by Gasteiger charge is -2.34. The number of piperidine rings is 1. The second-order valence-corrected chi connectivity index (χ2v) is 4.96. The molecule has 2 N–H and O–H groups in total. The summed E-state index contributed by atoms with van der Waals surface area (Å²) < 4.78 is 0. The van der Waals surface area contributed by atoms with Crippen molar-refractivity contribution in [1.82, 2.24) is 15.5 Å². The van der Waals surface area contributed by atoms with Gasteiger partial charge < -0.3 is 15.5 Å². The summed E-state index contributed by atoms with van der Waals surface area (Å²) in [5.41, 5.74) is 0. The number of rotatable bonds is 1. The van der Waals surface area contributed by atoms with Crippen molar-refractivity contribution in [3.63, 3.8) is 0 Å². The van der Waals surface area contributed by atoms with Gasteiger partial charge in [-0.1, -0.05) is 0 Å². The number of carbonyl (C=O) groups excluding carboxylic acids is 1. The van der Waals surface area contributed by atoms with Crippen molar-refractivity contribution in [2.75, 3.05) is 13.1 Å². The van der Waals surface area contributed by atoms with E-state index in [2.05, 4.69) is 15.5 Å². The van der Waals surface area contributed by atoms with Crippen LogP contribution in [0.4, 0.5) is 4.79 Å². The molecule has 0 aromatic carbocycles. The van der Waals surface area contributed by atoms with E-state index in [-0.39, 0.29) is 6.03 Å². The fourth-order valence-corrected chi connectivity index (χ4v) is 3.33. The molecule has 0 spiro atoms. The van der Waals surface area contributed by atoms with Crippen LogP contribution in [0.1, 0.15) is 32.1 Å². The Labute approximate surface area is 90.4 Å². The predicted molar refractivity (Wildman–Crippen MR) is 57.7 cm³/mol. The first-order valence-corrected chi connectivity index (χ1v) is 6.16. The average Bonchev–Trinajstić information content (AvgIpc) is 2.78. The molecule has 3 unspecified atom stereocenters. The van der Waals surface area contributed by atoms with Crippen LogP contribution in [0.5, 0.6) is 0 Å². The molecule has 2 saturated heterocycles. The van der Waals surface area contributed by atoms with Gasteiger partial charge in [-0.25, -0.2) is 4.79 Å². The summed E-state index contributed by atoms with van der Waals surface area (Å²) >= 11 is 0. The number of nitrogens with zero attached hydrogens (tertiary/aromatic N) is 1. The van der Waals surface area contributed by atoms with Gasteiger partial charge in [0.1, 0.15) is 0 Å². The van der Waals surface area contributed by atoms with Crippen LogP contribution >= 0.6 is 0 Å². The molecule has 2 amide bonds. The van der Waals surface area contributed by atoms with Crippen molar-refractivity contribution < 1.29 is 4.79 Å². The Balaban J connectivity index is 1.75. The second kappa shape index (κ2) is 3.67. The molecular weight excluding hydrogens is 190 g/mol. The largest absolute Gasteiger partial charge is 0.333 e. The van der Waals surface area contributed by atoms with E-state index >= 15 is 0 Å². The van der Waals surface area contributed by atoms with E-state index in [0.29, 0.717) is 18.1 Å². The van der Waals surface area contributed by atoms with Gasteiger partial charge in [0.05, 0.1) is 12.1 Å². The predicted octanol–water partition coefficient (Wildman–Crippen LogP) is 0.685. The summed E-state index contributed by atoms with van der Waals surface area (Å²) in [5.74, 6) is 0. The van der Waals surface area contributed by atoms with Gasteiger partial charge in [-0.3, -0.25) is 0 Å². The Hall–Kier alpha value is -0.770. The first-order valence-electron chi connectivity index (χ1n) is 6.16. The van der Waals surface area contributed by atoms with Crippen LogP contribution in [0.25, 0.3) is 0 Å². The lowest BCUT2D eigenvalue weighted by atomic mass is 10.0. The number of urea groups is 1. The summed E-state index contributed by atoms with van der Waals surface area (Å²) in [6.07, 6.45) is 6.01. The monoisotopic (exact) mass is 209 g/mol. The molecule has 3 rings (SSSR count). The topological polar surface area (TPSA) is 44.4 Å². The van der Waals surface area contributed by atoms with Crippen molar-refractivity contribution in [3.8, 4) is 0 Å². The highest BCUT2D eigenvalue weighted by Gasteiger charge is 2.45. The minimum absolute atomic E-state index is 0.179. The number of fused-ring (bicyclic) bond motifs is 1. The van der Waals surface area contributed by atoms with Gasteiger partial charge in [0.25, 0.3) is 0 Å². The van der Waals surface area contributed by atoms with E-state index in [0.717, 1.165) is 13.1 Å². The molecule has 1 saturated carbocycles. The molecular formula is C11H19N3O. The van der Waals surface area contributed by atoms with E-state index < -0.39 is 0 Å². The third kappa shape index (κ3) is 1.51. The van der Waals surface area contributed by atoms with Gasteiger partial charge in [0.15, 0.2) is 0 Å². The Bertz CT molecular complexity index is 263. The van der Waals surface area contributed by atoms with Gasteiger partial charge >= 0.3 is 6.03 Å². The fraction of sp³-hybridized carbons (Fsp3) is 0.909. The molecule has 0 aromatic heterocycles. The molecule has 2 aliphatic heterocycles. The molecule has 0 aromatic rings. The van der Waals surface area contributed by atoms with Crippen molar-refractivity contribution in [3.05, 3.63) is 0 Å². The first kappa shape index (κ1) is 9.46. The highest BCUT2D eigenvalue weighted by atomic mass is 16.2. The number of nitrogens with one attached hydrogen (secondary N) is 2. The molecule has 2 heterocycles. The maximum Gasteiger partial charge on any atom is 0.318 e. The third-order valence-corrected chi connectivity index (χ3v) is 4.04. The normalized spacial score (nSPS) is 40.4. The van der Waals surface area contributed by atoms with Crippen LogP contribution in [0.2, 0.25) is 0 Å². The van der Waals surface area contributed by atoms with E-state index in [4.69, 9.17) is 0 Å². The average molecular weight is 209 g/mol. The number of carbonyl (C=O) groups is 1. The smallest absolute Gasteiger partial charge is 0.318 e. The van der Waals surface area contributed by atoms with E-state index in [1.807, 2.05) is 0 Å². The summed E-state index contributed by atoms with van der Waals surface area (Å²) in [6.45, 7) is 2.09. The molecule has 3 atom stereocenters. The highest BCUT2D eigenvalue weighted by molar-refractivity contribution is 5.78. The zero-order chi connectivity index (χ0) is 10.3.